The Morgan fingerprint density at radius 2 is 2.10 bits per heavy atom. The zero-order valence-corrected chi connectivity index (χ0v) is 13.4. The first-order valence-corrected chi connectivity index (χ1v) is 7.60. The Kier molecular flexibility index (Phi) is 5.68. The van der Waals surface area contributed by atoms with Gasteiger partial charge in [-0.3, -0.25) is 4.98 Å². The molecule has 0 unspecified atom stereocenters. The van der Waals surface area contributed by atoms with Gasteiger partial charge in [-0.2, -0.15) is 0 Å². The van der Waals surface area contributed by atoms with E-state index in [4.69, 9.17) is 21.1 Å². The van der Waals surface area contributed by atoms with Crippen molar-refractivity contribution in [3.05, 3.63) is 52.3 Å². The summed E-state index contributed by atoms with van der Waals surface area (Å²) in [6.07, 6.45) is 3.52. The summed E-state index contributed by atoms with van der Waals surface area (Å²) in [6.45, 7) is 2.94. The zero-order valence-electron chi connectivity index (χ0n) is 11.1. The van der Waals surface area contributed by atoms with Gasteiger partial charge in [-0.1, -0.05) is 6.07 Å². The minimum Gasteiger partial charge on any atom is -0.490 e. The summed E-state index contributed by atoms with van der Waals surface area (Å²) in [6, 6.07) is 7.69. The molecule has 0 aliphatic carbocycles. The van der Waals surface area contributed by atoms with Crippen LogP contribution in [0.3, 0.4) is 0 Å². The first-order chi connectivity index (χ1) is 9.74. The van der Waals surface area contributed by atoms with E-state index >= 15 is 0 Å². The van der Waals surface area contributed by atoms with Crippen LogP contribution in [0.15, 0.2) is 41.1 Å². The fourth-order valence-corrected chi connectivity index (χ4v) is 2.50. The summed E-state index contributed by atoms with van der Waals surface area (Å²) in [5.41, 5.74) is 1.99. The van der Waals surface area contributed by atoms with Gasteiger partial charge in [0.05, 0.1) is 11.1 Å². The summed E-state index contributed by atoms with van der Waals surface area (Å²) in [5.74, 6) is 1.81. The van der Waals surface area contributed by atoms with Gasteiger partial charge in [0.25, 0.3) is 0 Å². The van der Waals surface area contributed by atoms with E-state index in [1.807, 2.05) is 31.2 Å². The predicted molar refractivity (Wildman–Crippen MR) is 83.4 cm³/mol. The lowest BCUT2D eigenvalue weighted by Crippen LogP contribution is -2.01. The number of hydrogen-bond donors (Lipinski definition) is 0. The summed E-state index contributed by atoms with van der Waals surface area (Å²) >= 11 is 9.37. The van der Waals surface area contributed by atoms with E-state index in [1.54, 1.807) is 12.4 Å². The Labute approximate surface area is 132 Å². The highest BCUT2D eigenvalue weighted by atomic mass is 79.9. The number of pyridine rings is 1. The first-order valence-electron chi connectivity index (χ1n) is 6.27. The van der Waals surface area contributed by atoms with Gasteiger partial charge in [-0.25, -0.2) is 0 Å². The average Bonchev–Trinajstić information content (AvgIpc) is 2.47. The van der Waals surface area contributed by atoms with Crippen LogP contribution < -0.4 is 9.47 Å². The molecule has 106 valence electrons. The van der Waals surface area contributed by atoms with Crippen LogP contribution in [-0.4, -0.2) is 11.6 Å². The van der Waals surface area contributed by atoms with Crippen LogP contribution in [0.1, 0.15) is 18.1 Å². The maximum atomic E-state index is 5.87. The third-order valence-electron chi connectivity index (χ3n) is 2.63. The van der Waals surface area contributed by atoms with Crippen LogP contribution in [0.2, 0.25) is 0 Å². The average molecular weight is 357 g/mol. The maximum Gasteiger partial charge on any atom is 0.175 e. The van der Waals surface area contributed by atoms with E-state index in [0.717, 1.165) is 15.6 Å². The Bertz CT molecular complexity index is 563. The number of rotatable bonds is 6. The van der Waals surface area contributed by atoms with Crippen molar-refractivity contribution >= 4 is 27.5 Å². The fourth-order valence-electron chi connectivity index (χ4n) is 1.74. The third kappa shape index (κ3) is 3.87. The lowest BCUT2D eigenvalue weighted by atomic mass is 10.2. The predicted octanol–water partition coefficient (Wildman–Crippen LogP) is 4.56. The number of aromatic nitrogens is 1. The molecule has 1 aromatic carbocycles. The highest BCUT2D eigenvalue weighted by Gasteiger charge is 2.12. The van der Waals surface area contributed by atoms with E-state index in [-0.39, 0.29) is 0 Å². The van der Waals surface area contributed by atoms with Crippen molar-refractivity contribution in [1.29, 1.82) is 0 Å². The molecule has 0 saturated carbocycles. The zero-order chi connectivity index (χ0) is 14.4. The summed E-state index contributed by atoms with van der Waals surface area (Å²) in [7, 11) is 0. The number of alkyl halides is 1. The normalized spacial score (nSPS) is 10.3. The van der Waals surface area contributed by atoms with Crippen LogP contribution in [0.5, 0.6) is 11.5 Å². The number of benzene rings is 1. The minimum absolute atomic E-state index is 0.432. The van der Waals surface area contributed by atoms with E-state index in [0.29, 0.717) is 30.6 Å². The van der Waals surface area contributed by atoms with Gasteiger partial charge < -0.3 is 9.47 Å². The van der Waals surface area contributed by atoms with Crippen LogP contribution in [0, 0.1) is 0 Å². The highest BCUT2D eigenvalue weighted by molar-refractivity contribution is 9.10. The van der Waals surface area contributed by atoms with E-state index < -0.39 is 0 Å². The molecule has 0 bridgehead atoms. The van der Waals surface area contributed by atoms with Crippen molar-refractivity contribution in [3.8, 4) is 11.5 Å². The van der Waals surface area contributed by atoms with E-state index in [2.05, 4.69) is 20.9 Å². The summed E-state index contributed by atoms with van der Waals surface area (Å²) in [5, 5.41) is 0. The second kappa shape index (κ2) is 7.50. The Morgan fingerprint density at radius 1 is 1.25 bits per heavy atom. The minimum atomic E-state index is 0.432. The lowest BCUT2D eigenvalue weighted by molar-refractivity contribution is 0.267. The summed E-state index contributed by atoms with van der Waals surface area (Å²) < 4.78 is 12.3. The molecule has 0 aliphatic rings. The van der Waals surface area contributed by atoms with Gasteiger partial charge in [0, 0.05) is 23.8 Å². The second-order valence-corrected chi connectivity index (χ2v) is 5.24. The van der Waals surface area contributed by atoms with Crippen molar-refractivity contribution in [2.75, 3.05) is 6.61 Å². The molecular weight excluding hydrogens is 342 g/mol. The van der Waals surface area contributed by atoms with Crippen LogP contribution in [0.25, 0.3) is 0 Å². The third-order valence-corrected chi connectivity index (χ3v) is 3.53. The van der Waals surface area contributed by atoms with Crippen LogP contribution in [0.4, 0.5) is 0 Å². The standard InChI is InChI=1S/C15H15BrClNO2/c1-2-19-14-7-12(8-17)6-13(16)15(14)20-10-11-4-3-5-18-9-11/h3-7,9H,2,8,10H2,1H3. The van der Waals surface area contributed by atoms with Crippen molar-refractivity contribution in [2.45, 2.75) is 19.4 Å². The molecule has 20 heavy (non-hydrogen) atoms. The SMILES string of the molecule is CCOc1cc(CCl)cc(Br)c1OCc1cccnc1. The van der Waals surface area contributed by atoms with Crippen molar-refractivity contribution in [2.24, 2.45) is 0 Å². The molecule has 1 aromatic heterocycles. The van der Waals surface area contributed by atoms with Crippen molar-refractivity contribution in [1.82, 2.24) is 4.98 Å². The molecule has 0 amide bonds. The molecule has 0 radical (unpaired) electrons. The van der Waals surface area contributed by atoms with Crippen molar-refractivity contribution < 1.29 is 9.47 Å². The first kappa shape index (κ1) is 15.1. The summed E-state index contributed by atoms with van der Waals surface area (Å²) in [4.78, 5) is 4.07. The molecular formula is C15H15BrClNO2. The molecule has 0 saturated heterocycles. The van der Waals surface area contributed by atoms with Gasteiger partial charge in [0.15, 0.2) is 11.5 Å². The maximum absolute atomic E-state index is 5.87. The highest BCUT2D eigenvalue weighted by Crippen LogP contribution is 2.37. The van der Waals surface area contributed by atoms with Gasteiger partial charge in [-0.05, 0) is 46.6 Å². The van der Waals surface area contributed by atoms with Gasteiger partial charge in [0.1, 0.15) is 6.61 Å². The topological polar surface area (TPSA) is 31.4 Å². The molecule has 0 aliphatic heterocycles. The molecule has 5 heteroatoms. The lowest BCUT2D eigenvalue weighted by Gasteiger charge is -2.15. The Hall–Kier alpha value is -1.26. The Morgan fingerprint density at radius 3 is 2.75 bits per heavy atom. The quantitative estimate of drug-likeness (QED) is 0.711. The van der Waals surface area contributed by atoms with Gasteiger partial charge in [0.2, 0.25) is 0 Å². The molecule has 0 N–H and O–H groups in total. The Balaban J connectivity index is 2.21. The number of ether oxygens (including phenoxy) is 2. The molecule has 0 spiro atoms. The molecule has 2 rings (SSSR count). The second-order valence-electron chi connectivity index (χ2n) is 4.12. The molecule has 3 nitrogen and oxygen atoms in total. The number of nitrogens with zero attached hydrogens (tertiary/aromatic N) is 1. The largest absolute Gasteiger partial charge is 0.490 e. The molecule has 0 fully saturated rings. The van der Waals surface area contributed by atoms with Crippen LogP contribution in [-0.2, 0) is 12.5 Å². The smallest absolute Gasteiger partial charge is 0.175 e. The van der Waals surface area contributed by atoms with E-state index in [9.17, 15) is 0 Å². The number of halogens is 2. The molecule has 1 heterocycles. The van der Waals surface area contributed by atoms with E-state index in [1.165, 1.54) is 0 Å². The molecule has 2 aromatic rings. The fraction of sp³-hybridized carbons (Fsp3) is 0.267. The van der Waals surface area contributed by atoms with Crippen LogP contribution >= 0.6 is 27.5 Å². The molecule has 0 atom stereocenters. The number of hydrogen-bond acceptors (Lipinski definition) is 3. The monoisotopic (exact) mass is 355 g/mol. The van der Waals surface area contributed by atoms with Gasteiger partial charge in [-0.15, -0.1) is 11.6 Å². The van der Waals surface area contributed by atoms with Gasteiger partial charge >= 0.3 is 0 Å². The van der Waals surface area contributed by atoms with Crippen molar-refractivity contribution in [3.63, 3.8) is 0 Å².